The first kappa shape index (κ1) is 18.1. The highest BCUT2D eigenvalue weighted by Gasteiger charge is 2.24. The van der Waals surface area contributed by atoms with Gasteiger partial charge in [-0.2, -0.15) is 0 Å². The van der Waals surface area contributed by atoms with Crippen LogP contribution in [0.15, 0.2) is 54.6 Å². The fourth-order valence-electron chi connectivity index (χ4n) is 3.54. The fourth-order valence-corrected chi connectivity index (χ4v) is 3.54. The Morgan fingerprint density at radius 1 is 1.12 bits per heavy atom. The first-order chi connectivity index (χ1) is 12.6. The van der Waals surface area contributed by atoms with Crippen LogP contribution in [0.3, 0.4) is 0 Å². The third-order valence-electron chi connectivity index (χ3n) is 4.93. The SMILES string of the molecule is O=C(C[NH+]1CCC(Cc2ccccc2)CC1)Nc1cccc([N+](=O)[O-])c1. The first-order valence-corrected chi connectivity index (χ1v) is 9.02. The van der Waals surface area contributed by atoms with E-state index in [0.29, 0.717) is 18.2 Å². The van der Waals surface area contributed by atoms with E-state index in [9.17, 15) is 14.9 Å². The zero-order valence-electron chi connectivity index (χ0n) is 14.7. The Morgan fingerprint density at radius 3 is 2.54 bits per heavy atom. The van der Waals surface area contributed by atoms with Gasteiger partial charge in [-0.15, -0.1) is 0 Å². The van der Waals surface area contributed by atoms with Gasteiger partial charge < -0.3 is 10.2 Å². The normalized spacial score (nSPS) is 19.7. The van der Waals surface area contributed by atoms with Gasteiger partial charge in [-0.25, -0.2) is 0 Å². The molecule has 1 aliphatic rings. The van der Waals surface area contributed by atoms with Crippen molar-refractivity contribution in [2.75, 3.05) is 25.0 Å². The van der Waals surface area contributed by atoms with Gasteiger partial charge in [-0.05, 0) is 36.8 Å². The molecule has 0 unspecified atom stereocenters. The van der Waals surface area contributed by atoms with Gasteiger partial charge in [-0.3, -0.25) is 14.9 Å². The average molecular weight is 354 g/mol. The monoisotopic (exact) mass is 354 g/mol. The van der Waals surface area contributed by atoms with Crippen LogP contribution in [0.1, 0.15) is 18.4 Å². The van der Waals surface area contributed by atoms with E-state index in [1.54, 1.807) is 12.1 Å². The Hall–Kier alpha value is -2.73. The zero-order valence-corrected chi connectivity index (χ0v) is 14.7. The van der Waals surface area contributed by atoms with Gasteiger partial charge in [0, 0.05) is 17.8 Å². The lowest BCUT2D eigenvalue weighted by atomic mass is 9.90. The van der Waals surface area contributed by atoms with Crippen molar-refractivity contribution >= 4 is 17.3 Å². The zero-order chi connectivity index (χ0) is 18.4. The second-order valence-corrected chi connectivity index (χ2v) is 6.92. The lowest BCUT2D eigenvalue weighted by Crippen LogP contribution is -3.14. The third-order valence-corrected chi connectivity index (χ3v) is 4.93. The number of quaternary nitrogens is 1. The van der Waals surface area contributed by atoms with Crippen LogP contribution in [0, 0.1) is 16.0 Å². The largest absolute Gasteiger partial charge is 0.327 e. The van der Waals surface area contributed by atoms with Gasteiger partial charge >= 0.3 is 0 Å². The van der Waals surface area contributed by atoms with Gasteiger partial charge in [0.25, 0.3) is 11.6 Å². The van der Waals surface area contributed by atoms with E-state index < -0.39 is 4.92 Å². The number of nitrogens with zero attached hydrogens (tertiary/aromatic N) is 1. The molecule has 2 aromatic rings. The van der Waals surface area contributed by atoms with Crippen molar-refractivity contribution in [1.29, 1.82) is 0 Å². The van der Waals surface area contributed by atoms with Crippen LogP contribution in [0.5, 0.6) is 0 Å². The van der Waals surface area contributed by atoms with Gasteiger partial charge in [-0.1, -0.05) is 36.4 Å². The van der Waals surface area contributed by atoms with Crippen molar-refractivity contribution < 1.29 is 14.6 Å². The number of carbonyl (C=O) groups is 1. The molecule has 1 amide bonds. The number of nitrogens with one attached hydrogen (secondary N) is 2. The van der Waals surface area contributed by atoms with E-state index in [2.05, 4.69) is 29.6 Å². The van der Waals surface area contributed by atoms with E-state index in [1.165, 1.54) is 22.6 Å². The summed E-state index contributed by atoms with van der Waals surface area (Å²) in [6.07, 6.45) is 3.34. The van der Waals surface area contributed by atoms with Crippen molar-refractivity contribution in [2.24, 2.45) is 5.92 Å². The van der Waals surface area contributed by atoms with Crippen LogP contribution in [-0.4, -0.2) is 30.5 Å². The smallest absolute Gasteiger partial charge is 0.279 e. The minimum Gasteiger partial charge on any atom is -0.327 e. The summed E-state index contributed by atoms with van der Waals surface area (Å²) in [5, 5.41) is 13.6. The van der Waals surface area contributed by atoms with Crippen LogP contribution in [0.2, 0.25) is 0 Å². The van der Waals surface area contributed by atoms with Crippen molar-refractivity contribution in [3.05, 3.63) is 70.3 Å². The number of anilines is 1. The number of hydrogen-bond donors (Lipinski definition) is 2. The van der Waals surface area contributed by atoms with Gasteiger partial charge in [0.15, 0.2) is 6.54 Å². The Balaban J connectivity index is 1.45. The number of benzene rings is 2. The summed E-state index contributed by atoms with van der Waals surface area (Å²) in [6, 6.07) is 16.6. The predicted molar refractivity (Wildman–Crippen MR) is 100 cm³/mol. The minimum atomic E-state index is -0.460. The molecule has 0 aromatic heterocycles. The van der Waals surface area contributed by atoms with Crippen molar-refractivity contribution in [2.45, 2.75) is 19.3 Å². The van der Waals surface area contributed by atoms with Crippen LogP contribution < -0.4 is 10.2 Å². The fraction of sp³-hybridized carbons (Fsp3) is 0.350. The molecule has 6 nitrogen and oxygen atoms in total. The molecule has 1 fully saturated rings. The van der Waals surface area contributed by atoms with Crippen LogP contribution in [-0.2, 0) is 11.2 Å². The number of non-ortho nitro benzene ring substituents is 1. The summed E-state index contributed by atoms with van der Waals surface area (Å²) < 4.78 is 0. The van der Waals surface area contributed by atoms with Crippen molar-refractivity contribution in [1.82, 2.24) is 0 Å². The molecular formula is C20H24N3O3+. The molecular weight excluding hydrogens is 330 g/mol. The number of hydrogen-bond acceptors (Lipinski definition) is 3. The van der Waals surface area contributed by atoms with Crippen molar-refractivity contribution in [3.8, 4) is 0 Å². The van der Waals surface area contributed by atoms with E-state index >= 15 is 0 Å². The summed E-state index contributed by atoms with van der Waals surface area (Å²) in [6.45, 7) is 2.38. The quantitative estimate of drug-likeness (QED) is 0.616. The highest BCUT2D eigenvalue weighted by Crippen LogP contribution is 2.17. The maximum Gasteiger partial charge on any atom is 0.279 e. The maximum atomic E-state index is 12.2. The third kappa shape index (κ3) is 5.13. The van der Waals surface area contributed by atoms with Gasteiger partial charge in [0.2, 0.25) is 0 Å². The van der Waals surface area contributed by atoms with Gasteiger partial charge in [0.05, 0.1) is 18.0 Å². The second-order valence-electron chi connectivity index (χ2n) is 6.92. The molecule has 0 spiro atoms. The number of piperidine rings is 1. The molecule has 0 aliphatic carbocycles. The Labute approximate surface area is 153 Å². The van der Waals surface area contributed by atoms with E-state index in [4.69, 9.17) is 0 Å². The summed E-state index contributed by atoms with van der Waals surface area (Å²) in [7, 11) is 0. The Morgan fingerprint density at radius 2 is 1.85 bits per heavy atom. The van der Waals surface area contributed by atoms with Gasteiger partial charge in [0.1, 0.15) is 0 Å². The summed E-state index contributed by atoms with van der Waals surface area (Å²) in [5.41, 5.74) is 1.84. The second kappa shape index (κ2) is 8.58. The topological polar surface area (TPSA) is 76.7 Å². The standard InChI is InChI=1S/C20H23N3O3/c24-20(21-18-7-4-8-19(14-18)23(25)26)15-22-11-9-17(10-12-22)13-16-5-2-1-3-6-16/h1-8,14,17H,9-13,15H2,(H,21,24)/p+1. The molecule has 0 bridgehead atoms. The molecule has 1 aliphatic heterocycles. The van der Waals surface area contributed by atoms with Crippen LogP contribution in [0.4, 0.5) is 11.4 Å². The lowest BCUT2D eigenvalue weighted by Gasteiger charge is -2.29. The summed E-state index contributed by atoms with van der Waals surface area (Å²) in [5.74, 6) is 0.586. The number of amides is 1. The molecule has 2 aromatic carbocycles. The molecule has 3 rings (SSSR count). The number of rotatable bonds is 6. The highest BCUT2D eigenvalue weighted by molar-refractivity contribution is 5.91. The number of carbonyl (C=O) groups excluding carboxylic acids is 1. The molecule has 1 saturated heterocycles. The number of nitro groups is 1. The average Bonchev–Trinajstić information content (AvgIpc) is 2.64. The first-order valence-electron chi connectivity index (χ1n) is 9.02. The predicted octanol–water partition coefficient (Wildman–Crippen LogP) is 2.07. The molecule has 0 atom stereocenters. The van der Waals surface area contributed by atoms with Crippen LogP contribution >= 0.6 is 0 Å². The summed E-state index contributed by atoms with van der Waals surface area (Å²) in [4.78, 5) is 23.9. The molecule has 1 heterocycles. The molecule has 0 saturated carbocycles. The molecule has 0 radical (unpaired) electrons. The van der Waals surface area contributed by atoms with E-state index in [0.717, 1.165) is 32.4 Å². The molecule has 6 heteroatoms. The Bertz CT molecular complexity index is 756. The summed E-state index contributed by atoms with van der Waals surface area (Å²) >= 11 is 0. The highest BCUT2D eigenvalue weighted by atomic mass is 16.6. The molecule has 136 valence electrons. The Kier molecular flexibility index (Phi) is 5.96. The number of likely N-dealkylation sites (tertiary alicyclic amines) is 1. The number of nitro benzene ring substituents is 1. The maximum absolute atomic E-state index is 12.2. The van der Waals surface area contributed by atoms with E-state index in [-0.39, 0.29) is 11.6 Å². The van der Waals surface area contributed by atoms with Crippen LogP contribution in [0.25, 0.3) is 0 Å². The minimum absolute atomic E-state index is 0.0168. The molecule has 26 heavy (non-hydrogen) atoms. The lowest BCUT2D eigenvalue weighted by molar-refractivity contribution is -0.898. The van der Waals surface area contributed by atoms with Crippen molar-refractivity contribution in [3.63, 3.8) is 0 Å². The molecule has 2 N–H and O–H groups in total. The van der Waals surface area contributed by atoms with E-state index in [1.807, 2.05) is 6.07 Å².